The summed E-state index contributed by atoms with van der Waals surface area (Å²) in [6.07, 6.45) is 5.00. The molecular weight excluding hydrogens is 486 g/mol. The van der Waals surface area contributed by atoms with Crippen LogP contribution in [0.4, 0.5) is 0 Å². The Hall–Kier alpha value is -1.20. The van der Waals surface area contributed by atoms with Gasteiger partial charge in [-0.15, -0.1) is 12.4 Å². The summed E-state index contributed by atoms with van der Waals surface area (Å²) in [4.78, 5) is 15.5. The minimum atomic E-state index is -3.86. The summed E-state index contributed by atoms with van der Waals surface area (Å²) in [6, 6.07) is 5.68. The molecule has 3 saturated heterocycles. The van der Waals surface area contributed by atoms with Gasteiger partial charge in [0.2, 0.25) is 26.0 Å². The van der Waals surface area contributed by atoms with Gasteiger partial charge < -0.3 is 0 Å². The maximum Gasteiger partial charge on any atom is 0.243 e. The lowest BCUT2D eigenvalue weighted by Gasteiger charge is -2.29. The van der Waals surface area contributed by atoms with E-state index < -0.39 is 44.0 Å². The number of fused-ring (bicyclic) bond motifs is 1. The average Bonchev–Trinajstić information content (AvgIpc) is 3.25. The van der Waals surface area contributed by atoms with Crippen LogP contribution < -0.4 is 0 Å². The number of halogens is 1. The minimum Gasteiger partial charge on any atom is -0.299 e. The number of hydrogen-bond acceptors (Lipinski definition) is 6. The lowest BCUT2D eigenvalue weighted by Crippen LogP contribution is -2.44. The van der Waals surface area contributed by atoms with Crippen molar-refractivity contribution in [3.8, 4) is 0 Å². The Morgan fingerprint density at radius 2 is 1.58 bits per heavy atom. The molecule has 0 unspecified atom stereocenters. The van der Waals surface area contributed by atoms with Gasteiger partial charge in [0.15, 0.2) is 0 Å². The number of rotatable bonds is 6. The third kappa shape index (κ3) is 4.96. The molecule has 1 aromatic carbocycles. The molecule has 0 aromatic heterocycles. The number of carbonyl (C=O) groups excluding carboxylic acids is 1. The minimum absolute atomic E-state index is 0. The molecule has 0 spiro atoms. The van der Waals surface area contributed by atoms with Gasteiger partial charge in [0, 0.05) is 13.1 Å². The first-order valence-electron chi connectivity index (χ1n) is 11.4. The highest BCUT2D eigenvalue weighted by Gasteiger charge is 2.59. The van der Waals surface area contributed by atoms with E-state index in [1.54, 1.807) is 12.1 Å². The van der Waals surface area contributed by atoms with Crippen LogP contribution in [0.3, 0.4) is 0 Å². The molecule has 3 aliphatic heterocycles. The zero-order valence-corrected chi connectivity index (χ0v) is 21.8. The molecule has 3 aliphatic rings. The average molecular weight is 520 g/mol. The zero-order valence-electron chi connectivity index (χ0n) is 19.4. The van der Waals surface area contributed by atoms with Crippen molar-refractivity contribution >= 4 is 38.4 Å². The predicted molar refractivity (Wildman–Crippen MR) is 129 cm³/mol. The normalized spacial score (nSPS) is 27.1. The maximum absolute atomic E-state index is 13.5. The van der Waals surface area contributed by atoms with E-state index in [-0.39, 0.29) is 29.8 Å². The Morgan fingerprint density at radius 1 is 0.970 bits per heavy atom. The Bertz CT molecular complexity index is 1070. The van der Waals surface area contributed by atoms with Crippen LogP contribution in [0.1, 0.15) is 45.1 Å². The number of likely N-dealkylation sites (tertiary alicyclic amines) is 1. The van der Waals surface area contributed by atoms with Crippen LogP contribution in [0.15, 0.2) is 29.2 Å². The van der Waals surface area contributed by atoms with Gasteiger partial charge in [-0.1, -0.05) is 32.4 Å². The summed E-state index contributed by atoms with van der Waals surface area (Å²) in [7, 11) is -7.62. The first kappa shape index (κ1) is 26.4. The fraction of sp³-hybridized carbons (Fsp3) is 0.682. The molecular formula is C22H34ClN3O5S2. The molecule has 3 heterocycles. The molecule has 33 heavy (non-hydrogen) atoms. The summed E-state index contributed by atoms with van der Waals surface area (Å²) in [5.74, 6) is -1.34. The molecule has 3 fully saturated rings. The van der Waals surface area contributed by atoms with E-state index in [4.69, 9.17) is 0 Å². The van der Waals surface area contributed by atoms with Crippen molar-refractivity contribution < 1.29 is 21.6 Å². The van der Waals surface area contributed by atoms with Crippen LogP contribution in [0, 0.1) is 11.8 Å². The second kappa shape index (κ2) is 9.81. The van der Waals surface area contributed by atoms with Crippen LogP contribution in [0.5, 0.6) is 0 Å². The van der Waals surface area contributed by atoms with Gasteiger partial charge in [0.05, 0.1) is 29.2 Å². The molecule has 1 aromatic rings. The van der Waals surface area contributed by atoms with E-state index in [0.717, 1.165) is 35.8 Å². The number of carbonyl (C=O) groups is 1. The first-order chi connectivity index (χ1) is 15.0. The fourth-order valence-corrected chi connectivity index (χ4v) is 8.41. The highest BCUT2D eigenvalue weighted by molar-refractivity contribution is 7.89. The molecule has 0 bridgehead atoms. The smallest absolute Gasteiger partial charge is 0.243 e. The number of amides is 1. The van der Waals surface area contributed by atoms with Crippen molar-refractivity contribution in [1.29, 1.82) is 0 Å². The maximum atomic E-state index is 13.5. The van der Waals surface area contributed by atoms with E-state index in [1.165, 1.54) is 23.6 Å². The monoisotopic (exact) mass is 519 g/mol. The molecule has 186 valence electrons. The molecule has 0 N–H and O–H groups in total. The standard InChI is InChI=1S/C22H33N3O5S2.ClH/c1-16(2)20-21-19(25(22(20)26)31(3,27)28)11-14-24(21)32(29,30)18-9-7-17(8-10-18)15-23-12-5-4-6-13-23;/h7-10,16,19-21H,4-6,11-15H2,1-3H3;1H/t19-,20+,21-;/m0./s1. The quantitative estimate of drug-likeness (QED) is 0.572. The van der Waals surface area contributed by atoms with Crippen molar-refractivity contribution in [3.63, 3.8) is 0 Å². The summed E-state index contributed by atoms with van der Waals surface area (Å²) in [5, 5.41) is 0. The third-order valence-electron chi connectivity index (χ3n) is 7.00. The van der Waals surface area contributed by atoms with Gasteiger partial charge in [0.25, 0.3) is 0 Å². The number of hydrogen-bond donors (Lipinski definition) is 0. The second-order valence-corrected chi connectivity index (χ2v) is 13.4. The molecule has 0 aliphatic carbocycles. The second-order valence-electron chi connectivity index (χ2n) is 9.61. The summed E-state index contributed by atoms with van der Waals surface area (Å²) in [5.41, 5.74) is 1.07. The summed E-state index contributed by atoms with van der Waals surface area (Å²) < 4.78 is 54.0. The Labute approximate surface area is 203 Å². The first-order valence-corrected chi connectivity index (χ1v) is 14.7. The van der Waals surface area contributed by atoms with Crippen LogP contribution in [0.2, 0.25) is 0 Å². The Kier molecular flexibility index (Phi) is 7.85. The van der Waals surface area contributed by atoms with Crippen LogP contribution in [-0.2, 0) is 31.4 Å². The van der Waals surface area contributed by atoms with E-state index in [0.29, 0.717) is 6.42 Å². The van der Waals surface area contributed by atoms with E-state index in [9.17, 15) is 21.6 Å². The molecule has 0 saturated carbocycles. The lowest BCUT2D eigenvalue weighted by molar-refractivity contribution is -0.129. The number of benzene rings is 1. The number of nitrogens with zero attached hydrogens (tertiary/aromatic N) is 3. The highest BCUT2D eigenvalue weighted by Crippen LogP contribution is 2.43. The summed E-state index contributed by atoms with van der Waals surface area (Å²) >= 11 is 0. The van der Waals surface area contributed by atoms with Crippen molar-refractivity contribution in [3.05, 3.63) is 29.8 Å². The molecule has 3 atom stereocenters. The van der Waals surface area contributed by atoms with Gasteiger partial charge >= 0.3 is 0 Å². The molecule has 8 nitrogen and oxygen atoms in total. The topological polar surface area (TPSA) is 95.1 Å². The molecule has 0 radical (unpaired) electrons. The molecule has 1 amide bonds. The largest absolute Gasteiger partial charge is 0.299 e. The molecule has 11 heteroatoms. The van der Waals surface area contributed by atoms with E-state index in [1.807, 2.05) is 26.0 Å². The zero-order chi connectivity index (χ0) is 23.3. The van der Waals surface area contributed by atoms with Crippen molar-refractivity contribution in [2.75, 3.05) is 25.9 Å². The van der Waals surface area contributed by atoms with Crippen LogP contribution >= 0.6 is 12.4 Å². The van der Waals surface area contributed by atoms with E-state index in [2.05, 4.69) is 4.90 Å². The van der Waals surface area contributed by atoms with Crippen molar-refractivity contribution in [2.24, 2.45) is 11.8 Å². The predicted octanol–water partition coefficient (Wildman–Crippen LogP) is 2.30. The lowest BCUT2D eigenvalue weighted by atomic mass is 9.89. The van der Waals surface area contributed by atoms with Gasteiger partial charge in [-0.05, 0) is 56.0 Å². The van der Waals surface area contributed by atoms with Gasteiger partial charge in [0.1, 0.15) is 0 Å². The SMILES string of the molecule is CC(C)[C@H]1C(=O)N(S(C)(=O)=O)[C@H]2CCN(S(=O)(=O)c3ccc(CN4CCCCC4)cc3)[C@H]12.Cl. The van der Waals surface area contributed by atoms with Crippen molar-refractivity contribution in [1.82, 2.24) is 13.5 Å². The molecule has 4 rings (SSSR count). The third-order valence-corrected chi connectivity index (χ3v) is 10.1. The van der Waals surface area contributed by atoms with Crippen LogP contribution in [-0.4, -0.2) is 74.2 Å². The van der Waals surface area contributed by atoms with E-state index >= 15 is 0 Å². The van der Waals surface area contributed by atoms with Crippen LogP contribution in [0.25, 0.3) is 0 Å². The Balaban J connectivity index is 0.00000306. The highest BCUT2D eigenvalue weighted by atomic mass is 35.5. The van der Waals surface area contributed by atoms with Gasteiger partial charge in [-0.25, -0.2) is 21.1 Å². The number of sulfonamides is 2. The van der Waals surface area contributed by atoms with Gasteiger partial charge in [-0.2, -0.15) is 4.31 Å². The number of piperidine rings is 1. The Morgan fingerprint density at radius 3 is 2.12 bits per heavy atom. The van der Waals surface area contributed by atoms with Crippen molar-refractivity contribution in [2.45, 2.75) is 63.1 Å². The fourth-order valence-electron chi connectivity index (χ4n) is 5.55. The van der Waals surface area contributed by atoms with Gasteiger partial charge in [-0.3, -0.25) is 9.69 Å². The summed E-state index contributed by atoms with van der Waals surface area (Å²) in [6.45, 7) is 6.82.